The van der Waals surface area contributed by atoms with Crippen molar-refractivity contribution in [3.63, 3.8) is 0 Å². The average molecular weight is 377 g/mol. The van der Waals surface area contributed by atoms with Gasteiger partial charge < -0.3 is 4.74 Å². The van der Waals surface area contributed by atoms with Gasteiger partial charge in [0, 0.05) is 6.61 Å². The Hall–Kier alpha value is -1.86. The summed E-state index contributed by atoms with van der Waals surface area (Å²) in [6.07, 6.45) is 13.6. The van der Waals surface area contributed by atoms with Crippen LogP contribution in [0.4, 0.5) is 0 Å². The van der Waals surface area contributed by atoms with Crippen LogP contribution in [0.2, 0.25) is 0 Å². The van der Waals surface area contributed by atoms with E-state index >= 15 is 0 Å². The minimum atomic E-state index is 0.718. The molecule has 150 valence electrons. The van der Waals surface area contributed by atoms with E-state index in [4.69, 9.17) is 4.74 Å². The number of benzene rings is 2. The lowest BCUT2D eigenvalue weighted by atomic mass is 9.77. The molecule has 0 N–H and O–H groups in total. The van der Waals surface area contributed by atoms with Crippen LogP contribution in [0.5, 0.6) is 0 Å². The number of allylic oxidation sites excluding steroid dienone is 2. The number of rotatable bonds is 9. The van der Waals surface area contributed by atoms with Crippen molar-refractivity contribution >= 4 is 0 Å². The molecule has 0 saturated heterocycles. The molecule has 1 heteroatoms. The highest BCUT2D eigenvalue weighted by Gasteiger charge is 2.21. The molecule has 3 rings (SSSR count). The summed E-state index contributed by atoms with van der Waals surface area (Å²) in [6, 6.07) is 18.1. The number of hydrogen-bond donors (Lipinski definition) is 0. The Labute approximate surface area is 171 Å². The summed E-state index contributed by atoms with van der Waals surface area (Å²) in [6.45, 7) is 5.90. The van der Waals surface area contributed by atoms with Crippen LogP contribution in [0.1, 0.15) is 75.8 Å². The van der Waals surface area contributed by atoms with Crippen molar-refractivity contribution in [2.45, 2.75) is 71.3 Å². The van der Waals surface area contributed by atoms with E-state index < -0.39 is 0 Å². The molecule has 0 bridgehead atoms. The third kappa shape index (κ3) is 6.07. The molecular formula is C27H36O. The number of hydrogen-bond acceptors (Lipinski definition) is 1. The molecule has 0 amide bonds. The minimum Gasteiger partial charge on any atom is -0.377 e. The van der Waals surface area contributed by atoms with E-state index in [1.54, 1.807) is 0 Å². The minimum absolute atomic E-state index is 0.718. The molecule has 1 fully saturated rings. The molecule has 1 aliphatic carbocycles. The predicted octanol–water partition coefficient (Wildman–Crippen LogP) is 7.91. The molecule has 1 aliphatic rings. The van der Waals surface area contributed by atoms with Gasteiger partial charge in [0.15, 0.2) is 0 Å². The second-order valence-corrected chi connectivity index (χ2v) is 8.25. The first-order valence-electron chi connectivity index (χ1n) is 11.2. The zero-order valence-electron chi connectivity index (χ0n) is 17.7. The zero-order valence-corrected chi connectivity index (χ0v) is 17.7. The predicted molar refractivity (Wildman–Crippen MR) is 121 cm³/mol. The van der Waals surface area contributed by atoms with Crippen molar-refractivity contribution < 1.29 is 4.74 Å². The van der Waals surface area contributed by atoms with Gasteiger partial charge in [-0.2, -0.15) is 0 Å². The summed E-state index contributed by atoms with van der Waals surface area (Å²) < 4.78 is 5.71. The van der Waals surface area contributed by atoms with Gasteiger partial charge >= 0.3 is 0 Å². The van der Waals surface area contributed by atoms with E-state index in [9.17, 15) is 0 Å². The second-order valence-electron chi connectivity index (χ2n) is 8.25. The number of ether oxygens (including phenoxy) is 1. The van der Waals surface area contributed by atoms with E-state index in [1.807, 2.05) is 0 Å². The van der Waals surface area contributed by atoms with Gasteiger partial charge in [0.05, 0.1) is 6.61 Å². The van der Waals surface area contributed by atoms with Crippen LogP contribution >= 0.6 is 0 Å². The highest BCUT2D eigenvalue weighted by molar-refractivity contribution is 5.64. The summed E-state index contributed by atoms with van der Waals surface area (Å²) in [4.78, 5) is 0. The van der Waals surface area contributed by atoms with Crippen LogP contribution in [0, 0.1) is 5.92 Å². The van der Waals surface area contributed by atoms with Crippen LogP contribution in [-0.2, 0) is 11.3 Å². The van der Waals surface area contributed by atoms with E-state index in [2.05, 4.69) is 74.5 Å². The summed E-state index contributed by atoms with van der Waals surface area (Å²) in [7, 11) is 0. The lowest BCUT2D eigenvalue weighted by Crippen LogP contribution is -2.12. The Bertz CT molecular complexity index is 703. The quantitative estimate of drug-likeness (QED) is 0.319. The molecule has 28 heavy (non-hydrogen) atoms. The van der Waals surface area contributed by atoms with Gasteiger partial charge in [-0.05, 0) is 79.5 Å². The van der Waals surface area contributed by atoms with Crippen molar-refractivity contribution in [3.05, 3.63) is 71.8 Å². The fraction of sp³-hybridized carbons (Fsp3) is 0.481. The second kappa shape index (κ2) is 11.2. The van der Waals surface area contributed by atoms with Crippen LogP contribution in [0.15, 0.2) is 60.7 Å². The Balaban J connectivity index is 1.53. The van der Waals surface area contributed by atoms with Crippen molar-refractivity contribution in [2.75, 3.05) is 6.61 Å². The third-order valence-corrected chi connectivity index (χ3v) is 6.13. The molecule has 0 unspecified atom stereocenters. The monoisotopic (exact) mass is 376 g/mol. The van der Waals surface area contributed by atoms with E-state index in [0.29, 0.717) is 0 Å². The maximum atomic E-state index is 5.71. The van der Waals surface area contributed by atoms with Gasteiger partial charge in [-0.1, -0.05) is 74.0 Å². The lowest BCUT2D eigenvalue weighted by Gasteiger charge is -2.28. The Kier molecular flexibility index (Phi) is 8.36. The molecule has 2 aromatic rings. The third-order valence-electron chi connectivity index (χ3n) is 6.13. The van der Waals surface area contributed by atoms with Crippen LogP contribution in [0.25, 0.3) is 11.1 Å². The summed E-state index contributed by atoms with van der Waals surface area (Å²) in [5, 5.41) is 0. The zero-order chi connectivity index (χ0) is 19.6. The van der Waals surface area contributed by atoms with E-state index in [1.165, 1.54) is 60.8 Å². The van der Waals surface area contributed by atoms with Gasteiger partial charge in [0.1, 0.15) is 0 Å². The van der Waals surface area contributed by atoms with E-state index in [-0.39, 0.29) is 0 Å². The first kappa shape index (κ1) is 20.9. The topological polar surface area (TPSA) is 9.23 Å². The van der Waals surface area contributed by atoms with Crippen LogP contribution in [0.3, 0.4) is 0 Å². The standard InChI is InChI=1S/C27H36O/c1-3-5-7-22-8-12-24(13-9-22)26-16-18-27(19-17-26)25-14-10-23(11-15-25)21-28-20-6-4-2/h3,5,10-11,14-19,22,24H,4,6-9,12-13,20-21H2,1-2H3/b5-3+/t22-,24-. The maximum absolute atomic E-state index is 5.71. The Morgan fingerprint density at radius 3 is 2.14 bits per heavy atom. The molecule has 0 atom stereocenters. The SMILES string of the molecule is C/C=C/C[C@H]1CC[C@H](c2ccc(-c3ccc(COCCCC)cc3)cc2)CC1. The molecule has 0 aromatic heterocycles. The largest absolute Gasteiger partial charge is 0.377 e. The normalized spacial score (nSPS) is 19.9. The van der Waals surface area contributed by atoms with Crippen molar-refractivity contribution in [1.82, 2.24) is 0 Å². The van der Waals surface area contributed by atoms with Crippen molar-refractivity contribution in [3.8, 4) is 11.1 Å². The highest BCUT2D eigenvalue weighted by Crippen LogP contribution is 2.37. The fourth-order valence-electron chi connectivity index (χ4n) is 4.24. The lowest BCUT2D eigenvalue weighted by molar-refractivity contribution is 0.118. The molecule has 0 radical (unpaired) electrons. The Morgan fingerprint density at radius 1 is 0.893 bits per heavy atom. The van der Waals surface area contributed by atoms with E-state index in [0.717, 1.165) is 31.5 Å². The van der Waals surface area contributed by atoms with Gasteiger partial charge in [-0.3, -0.25) is 0 Å². The fourth-order valence-corrected chi connectivity index (χ4v) is 4.24. The van der Waals surface area contributed by atoms with Gasteiger partial charge in [-0.15, -0.1) is 0 Å². The molecule has 0 heterocycles. The maximum Gasteiger partial charge on any atom is 0.0716 e. The first-order chi connectivity index (χ1) is 13.8. The Morgan fingerprint density at radius 2 is 1.54 bits per heavy atom. The highest BCUT2D eigenvalue weighted by atomic mass is 16.5. The molecular weight excluding hydrogens is 340 g/mol. The molecule has 0 spiro atoms. The molecule has 1 saturated carbocycles. The van der Waals surface area contributed by atoms with Gasteiger partial charge in [0.25, 0.3) is 0 Å². The number of unbranched alkanes of at least 4 members (excludes halogenated alkanes) is 1. The summed E-state index contributed by atoms with van der Waals surface area (Å²) in [5.74, 6) is 1.65. The first-order valence-corrected chi connectivity index (χ1v) is 11.2. The van der Waals surface area contributed by atoms with Crippen molar-refractivity contribution in [1.29, 1.82) is 0 Å². The molecule has 2 aromatic carbocycles. The summed E-state index contributed by atoms with van der Waals surface area (Å²) in [5.41, 5.74) is 5.38. The van der Waals surface area contributed by atoms with Crippen LogP contribution in [-0.4, -0.2) is 6.61 Å². The molecule has 1 nitrogen and oxygen atoms in total. The van der Waals surface area contributed by atoms with Gasteiger partial charge in [0.2, 0.25) is 0 Å². The smallest absolute Gasteiger partial charge is 0.0716 e. The average Bonchev–Trinajstić information content (AvgIpc) is 2.76. The van der Waals surface area contributed by atoms with Gasteiger partial charge in [-0.25, -0.2) is 0 Å². The van der Waals surface area contributed by atoms with Crippen molar-refractivity contribution in [2.24, 2.45) is 5.92 Å². The molecule has 0 aliphatic heterocycles. The van der Waals surface area contributed by atoms with Crippen LogP contribution < -0.4 is 0 Å². The summed E-state index contributed by atoms with van der Waals surface area (Å²) >= 11 is 0.